The van der Waals surface area contributed by atoms with Crippen LogP contribution in [0.2, 0.25) is 0 Å². The van der Waals surface area contributed by atoms with Crippen LogP contribution in [-0.2, 0) is 19.1 Å². The fourth-order valence-corrected chi connectivity index (χ4v) is 12.0. The Labute approximate surface area is 254 Å². The van der Waals surface area contributed by atoms with E-state index in [0.29, 0.717) is 36.3 Å². The van der Waals surface area contributed by atoms with E-state index in [9.17, 15) is 14.9 Å². The van der Waals surface area contributed by atoms with Crippen LogP contribution in [0.15, 0.2) is 0 Å². The Hall–Kier alpha value is -1.65. The number of carbonyl (C=O) groups excluding carboxylic acids is 2. The topological polar surface area (TPSA) is 79.6 Å². The van der Waals surface area contributed by atoms with Crippen LogP contribution >= 0.6 is 0 Å². The molecule has 0 radical (unpaired) electrons. The summed E-state index contributed by atoms with van der Waals surface area (Å²) in [5.41, 5.74) is 0.210. The fraction of sp³-hybridized carbons (Fsp3) is 0.914. The van der Waals surface area contributed by atoms with Gasteiger partial charge in [0, 0.05) is 31.7 Å². The second-order valence-electron chi connectivity index (χ2n) is 15.8. The van der Waals surface area contributed by atoms with Gasteiger partial charge in [-0.1, -0.05) is 20.3 Å². The molecule has 4 aliphatic carbocycles. The summed E-state index contributed by atoms with van der Waals surface area (Å²) in [6.07, 6.45) is 15.2. The number of quaternary nitrogens is 1. The molecule has 2 aliphatic heterocycles. The van der Waals surface area contributed by atoms with E-state index < -0.39 is 0 Å². The molecule has 234 valence electrons. The van der Waals surface area contributed by atoms with Crippen molar-refractivity contribution in [3.8, 4) is 6.07 Å². The number of hydrogen-bond acceptors (Lipinski definition) is 6. The van der Waals surface area contributed by atoms with Crippen molar-refractivity contribution in [2.45, 2.75) is 135 Å². The molecule has 0 aromatic rings. The third kappa shape index (κ3) is 5.11. The van der Waals surface area contributed by atoms with Gasteiger partial charge in [0.1, 0.15) is 18.2 Å². The first-order valence-corrected chi connectivity index (χ1v) is 17.4. The minimum Gasteiger partial charge on any atom is -0.461 e. The van der Waals surface area contributed by atoms with E-state index in [1.807, 2.05) is 0 Å². The predicted octanol–water partition coefficient (Wildman–Crippen LogP) is 5.86. The highest BCUT2D eigenvalue weighted by Crippen LogP contribution is 2.67. The Balaban J connectivity index is 1.31. The number of nitrogens with zero attached hydrogens (tertiary/aromatic N) is 3. The molecule has 10 atom stereocenters. The summed E-state index contributed by atoms with van der Waals surface area (Å²) in [6, 6.07) is 3.12. The number of carbonyl (C=O) groups is 2. The van der Waals surface area contributed by atoms with Gasteiger partial charge < -0.3 is 14.0 Å². The molecule has 42 heavy (non-hydrogen) atoms. The molecular formula is C35H56N3O4+. The molecule has 6 rings (SSSR count). The molecule has 4 saturated carbocycles. The van der Waals surface area contributed by atoms with Crippen molar-refractivity contribution >= 4 is 11.9 Å². The lowest BCUT2D eigenvalue weighted by atomic mass is 9.44. The summed E-state index contributed by atoms with van der Waals surface area (Å²) in [7, 11) is 0. The fourth-order valence-electron chi connectivity index (χ4n) is 12.0. The zero-order valence-electron chi connectivity index (χ0n) is 26.8. The summed E-state index contributed by atoms with van der Waals surface area (Å²) < 4.78 is 13.3. The quantitative estimate of drug-likeness (QED) is 0.230. The van der Waals surface area contributed by atoms with Crippen LogP contribution < -0.4 is 0 Å². The molecule has 6 fully saturated rings. The van der Waals surface area contributed by atoms with Crippen molar-refractivity contribution in [2.24, 2.45) is 34.5 Å². The van der Waals surface area contributed by atoms with E-state index in [4.69, 9.17) is 9.47 Å². The first kappa shape index (κ1) is 30.4. The van der Waals surface area contributed by atoms with E-state index in [2.05, 4.69) is 24.8 Å². The van der Waals surface area contributed by atoms with Gasteiger partial charge in [-0.3, -0.25) is 14.5 Å². The van der Waals surface area contributed by atoms with Crippen LogP contribution in [0.3, 0.4) is 0 Å². The van der Waals surface area contributed by atoms with Gasteiger partial charge in [0.25, 0.3) is 0 Å². The molecule has 0 bridgehead atoms. The largest absolute Gasteiger partial charge is 0.461 e. The standard InChI is InChI=1S/C35H56N3O4/c1-24(39)41-32-21-26-11-12-27-28(35(26,4)23-30(32)37-16-7-5-8-17-37)13-14-34(3)29(27)22-31(33(34)42-25(2)40)38(20-15-36)18-9-6-10-19-38/h26-33H,5-14,16-23H2,1-4H3/q+1/t26?,27?,28?,29?,30?,31?,32-,33?,34?,35?/m0/s1. The molecule has 0 N–H and O–H groups in total. The van der Waals surface area contributed by atoms with Gasteiger partial charge in [-0.15, -0.1) is 0 Å². The molecule has 7 heteroatoms. The third-order valence-corrected chi connectivity index (χ3v) is 13.9. The van der Waals surface area contributed by atoms with Gasteiger partial charge in [0.2, 0.25) is 0 Å². The van der Waals surface area contributed by atoms with Crippen LogP contribution in [0.25, 0.3) is 0 Å². The molecule has 9 unspecified atom stereocenters. The first-order valence-electron chi connectivity index (χ1n) is 17.4. The SMILES string of the molecule is CC(=O)OC1C([N+]2(CC#N)CCCCC2)CC2C3CCC4C[C@H](OC(C)=O)C(N5CCCCC5)CC4(C)C3CCC21C. The van der Waals surface area contributed by atoms with Crippen molar-refractivity contribution in [3.05, 3.63) is 0 Å². The van der Waals surface area contributed by atoms with E-state index in [-0.39, 0.29) is 41.0 Å². The van der Waals surface area contributed by atoms with Crippen molar-refractivity contribution in [1.29, 1.82) is 5.26 Å². The maximum Gasteiger partial charge on any atom is 0.303 e. The summed E-state index contributed by atoms with van der Waals surface area (Å²) in [6.45, 7) is 13.1. The molecule has 0 aromatic carbocycles. The molecule has 7 nitrogen and oxygen atoms in total. The number of esters is 2. The highest BCUT2D eigenvalue weighted by atomic mass is 16.5. The van der Waals surface area contributed by atoms with Crippen LogP contribution in [0.1, 0.15) is 111 Å². The number of nitriles is 1. The Bertz CT molecular complexity index is 1060. The van der Waals surface area contributed by atoms with Crippen LogP contribution in [0, 0.1) is 45.8 Å². The number of likely N-dealkylation sites (tertiary alicyclic amines) is 2. The lowest BCUT2D eigenvalue weighted by Crippen LogP contribution is -2.63. The zero-order valence-corrected chi connectivity index (χ0v) is 26.8. The molecule has 2 heterocycles. The minimum atomic E-state index is -0.162. The zero-order chi connectivity index (χ0) is 29.7. The van der Waals surface area contributed by atoms with Crippen molar-refractivity contribution in [3.63, 3.8) is 0 Å². The lowest BCUT2D eigenvalue weighted by molar-refractivity contribution is -0.951. The van der Waals surface area contributed by atoms with Crippen LogP contribution in [-0.4, -0.2) is 78.3 Å². The summed E-state index contributed by atoms with van der Waals surface area (Å²) in [4.78, 5) is 27.5. The summed E-state index contributed by atoms with van der Waals surface area (Å²) in [5.74, 6) is 2.11. The molecule has 6 aliphatic rings. The highest BCUT2D eigenvalue weighted by Gasteiger charge is 2.67. The number of rotatable bonds is 5. The number of hydrogen-bond donors (Lipinski definition) is 0. The molecular weight excluding hydrogens is 526 g/mol. The molecule has 0 aromatic heterocycles. The normalized spacial score (nSPS) is 45.0. The minimum absolute atomic E-state index is 0.0164. The van der Waals surface area contributed by atoms with Gasteiger partial charge in [-0.25, -0.2) is 0 Å². The number of piperidine rings is 2. The van der Waals surface area contributed by atoms with Crippen molar-refractivity contribution < 1.29 is 23.5 Å². The average molecular weight is 583 g/mol. The van der Waals surface area contributed by atoms with Gasteiger partial charge >= 0.3 is 11.9 Å². The van der Waals surface area contributed by atoms with Gasteiger partial charge in [0.05, 0.1) is 13.1 Å². The van der Waals surface area contributed by atoms with Gasteiger partial charge in [-0.2, -0.15) is 5.26 Å². The second-order valence-corrected chi connectivity index (χ2v) is 15.8. The van der Waals surface area contributed by atoms with Crippen LogP contribution in [0.4, 0.5) is 0 Å². The average Bonchev–Trinajstić information content (AvgIpc) is 3.26. The van der Waals surface area contributed by atoms with Gasteiger partial charge in [-0.05, 0) is 113 Å². The second kappa shape index (κ2) is 11.7. The Morgan fingerprint density at radius 1 is 0.881 bits per heavy atom. The van der Waals surface area contributed by atoms with E-state index in [1.54, 1.807) is 13.8 Å². The van der Waals surface area contributed by atoms with Crippen molar-refractivity contribution in [2.75, 3.05) is 32.7 Å². The maximum absolute atomic E-state index is 12.6. The predicted molar refractivity (Wildman–Crippen MR) is 161 cm³/mol. The Morgan fingerprint density at radius 2 is 1.57 bits per heavy atom. The molecule has 0 amide bonds. The van der Waals surface area contributed by atoms with E-state index in [0.717, 1.165) is 56.3 Å². The summed E-state index contributed by atoms with van der Waals surface area (Å²) in [5, 5.41) is 9.99. The Morgan fingerprint density at radius 3 is 2.24 bits per heavy atom. The lowest BCUT2D eigenvalue weighted by Gasteiger charge is -2.62. The van der Waals surface area contributed by atoms with Crippen molar-refractivity contribution in [1.82, 2.24) is 4.90 Å². The smallest absolute Gasteiger partial charge is 0.303 e. The number of ether oxygens (including phenoxy) is 2. The molecule has 0 spiro atoms. The maximum atomic E-state index is 12.6. The van der Waals surface area contributed by atoms with E-state index >= 15 is 0 Å². The van der Waals surface area contributed by atoms with Gasteiger partial charge in [0.15, 0.2) is 12.6 Å². The highest BCUT2D eigenvalue weighted by molar-refractivity contribution is 5.66. The summed E-state index contributed by atoms with van der Waals surface area (Å²) >= 11 is 0. The van der Waals surface area contributed by atoms with E-state index in [1.165, 1.54) is 57.8 Å². The van der Waals surface area contributed by atoms with Crippen LogP contribution in [0.5, 0.6) is 0 Å². The first-order chi connectivity index (χ1) is 20.1. The molecule has 2 saturated heterocycles. The third-order valence-electron chi connectivity index (χ3n) is 13.9. The number of fused-ring (bicyclic) bond motifs is 5. The Kier molecular flexibility index (Phi) is 8.46. The monoisotopic (exact) mass is 582 g/mol.